The Kier molecular flexibility index (Phi) is 12.0. The lowest BCUT2D eigenvalue weighted by molar-refractivity contribution is -0.140. The first-order valence-corrected chi connectivity index (χ1v) is 22.9. The molecule has 4 N–H and O–H groups in total. The number of piperidine rings is 3. The van der Waals surface area contributed by atoms with E-state index in [1.165, 1.54) is 31.6 Å². The number of alkyl halides is 2. The summed E-state index contributed by atoms with van der Waals surface area (Å²) in [5, 5.41) is 19.5. The summed E-state index contributed by atoms with van der Waals surface area (Å²) in [6.07, 6.45) is 11.6. The molecule has 4 aliphatic heterocycles. The van der Waals surface area contributed by atoms with Gasteiger partial charge < -0.3 is 45.4 Å². The van der Waals surface area contributed by atoms with Crippen molar-refractivity contribution in [2.75, 3.05) is 73.4 Å². The highest BCUT2D eigenvalue weighted by molar-refractivity contribution is 6.02. The molecule has 2 aromatic carbocycles. The molecule has 3 aromatic rings. The van der Waals surface area contributed by atoms with Crippen LogP contribution in [-0.4, -0.2) is 115 Å². The standard InChI is InChI=1S/C47H61F2N9O5/c1-29-22-31(35-10-13-40(59)53-43(35)61)9-12-37(29)57-18-14-30(15-19-57)27-56-20-16-46(17-21-56)24-33(25-46)51-42(60)32-8-11-36(39(23-32)63-3)52-45-50-26-38-41(54-45)58(34-6-4-5-7-34)28-47(48,49)44(62)55(38)2/h8-9,11-12,22-23,26,30,33-35,43,61H,4-7,10,13-21,24-25,27-28H2,1-3H3,(H,51,60)(H,53,59)(H,50,52,54). The summed E-state index contributed by atoms with van der Waals surface area (Å²) in [6.45, 7) is 6.79. The van der Waals surface area contributed by atoms with E-state index in [-0.39, 0.29) is 52.7 Å². The summed E-state index contributed by atoms with van der Waals surface area (Å²) in [6, 6.07) is 11.6. The topological polar surface area (TPSA) is 156 Å². The van der Waals surface area contributed by atoms with Gasteiger partial charge in [0.15, 0.2) is 5.82 Å². The number of aromatic nitrogens is 2. The minimum Gasteiger partial charge on any atom is -0.495 e. The van der Waals surface area contributed by atoms with Crippen LogP contribution in [-0.2, 0) is 9.59 Å². The Balaban J connectivity index is 0.740. The van der Waals surface area contributed by atoms with Gasteiger partial charge in [-0.15, -0.1) is 0 Å². The van der Waals surface area contributed by atoms with Gasteiger partial charge in [0.1, 0.15) is 17.7 Å². The van der Waals surface area contributed by atoms with Gasteiger partial charge in [-0.1, -0.05) is 25.0 Å². The molecule has 63 heavy (non-hydrogen) atoms. The molecule has 5 heterocycles. The van der Waals surface area contributed by atoms with Crippen molar-refractivity contribution in [2.45, 2.75) is 114 Å². The van der Waals surface area contributed by atoms with Crippen LogP contribution in [0.3, 0.4) is 0 Å². The zero-order valence-corrected chi connectivity index (χ0v) is 36.7. The third kappa shape index (κ3) is 8.89. The number of nitrogens with one attached hydrogen (secondary N) is 3. The van der Waals surface area contributed by atoms with E-state index in [0.717, 1.165) is 107 Å². The van der Waals surface area contributed by atoms with Gasteiger partial charge in [0, 0.05) is 62.4 Å². The molecule has 1 spiro atoms. The average molecular weight is 870 g/mol. The van der Waals surface area contributed by atoms with Crippen LogP contribution in [0.2, 0.25) is 0 Å². The second kappa shape index (κ2) is 17.5. The molecule has 9 rings (SSSR count). The maximum absolute atomic E-state index is 15.1. The third-order valence-corrected chi connectivity index (χ3v) is 14.9. The fraction of sp³-hybridized carbons (Fsp3) is 0.596. The molecule has 0 bridgehead atoms. The predicted octanol–water partition coefficient (Wildman–Crippen LogP) is 6.10. The lowest BCUT2D eigenvalue weighted by atomic mass is 9.60. The van der Waals surface area contributed by atoms with Gasteiger partial charge in [-0.3, -0.25) is 14.4 Å². The van der Waals surface area contributed by atoms with E-state index in [1.807, 2.05) is 0 Å². The number of aryl methyl sites for hydroxylation is 1. The summed E-state index contributed by atoms with van der Waals surface area (Å²) in [4.78, 5) is 54.6. The normalized spacial score (nSPS) is 24.4. The van der Waals surface area contributed by atoms with Crippen LogP contribution in [0.4, 0.5) is 37.6 Å². The Morgan fingerprint density at radius 2 is 1.73 bits per heavy atom. The number of fused-ring (bicyclic) bond motifs is 1. The SMILES string of the molecule is COc1cc(C(=O)NC2CC3(CCN(CC4CCN(c5ccc(C6CCC(=O)NC6O)cc5C)CC4)CC3)C2)ccc1Nc1ncc2c(n1)N(C1CCCC1)CC(F)(F)C(=O)N2C. The Bertz CT molecular complexity index is 2200. The molecule has 0 radical (unpaired) electrons. The summed E-state index contributed by atoms with van der Waals surface area (Å²) in [5.74, 6) is -3.62. The molecule has 1 aromatic heterocycles. The largest absolute Gasteiger partial charge is 0.495 e. The van der Waals surface area contributed by atoms with Crippen LogP contribution in [0.1, 0.15) is 104 Å². The number of anilines is 5. The Labute approximate surface area is 368 Å². The summed E-state index contributed by atoms with van der Waals surface area (Å²) in [5.41, 5.74) is 5.06. The van der Waals surface area contributed by atoms with Crippen molar-refractivity contribution >= 4 is 46.5 Å². The predicted molar refractivity (Wildman–Crippen MR) is 237 cm³/mol. The molecule has 2 atom stereocenters. The van der Waals surface area contributed by atoms with E-state index in [2.05, 4.69) is 60.8 Å². The number of halogens is 2. The first-order valence-electron chi connectivity index (χ1n) is 22.9. The lowest BCUT2D eigenvalue weighted by Gasteiger charge is -2.52. The molecule has 338 valence electrons. The van der Waals surface area contributed by atoms with E-state index in [9.17, 15) is 19.5 Å². The highest BCUT2D eigenvalue weighted by atomic mass is 19.3. The number of hydrogen-bond donors (Lipinski definition) is 4. The number of amides is 3. The minimum absolute atomic E-state index is 0.0682. The summed E-state index contributed by atoms with van der Waals surface area (Å²) < 4.78 is 35.8. The number of benzene rings is 2. The van der Waals surface area contributed by atoms with Crippen molar-refractivity contribution in [3.05, 3.63) is 59.3 Å². The van der Waals surface area contributed by atoms with Gasteiger partial charge in [-0.25, -0.2) is 4.98 Å². The van der Waals surface area contributed by atoms with Crippen molar-refractivity contribution < 1.29 is 33.0 Å². The number of hydrogen-bond acceptors (Lipinski definition) is 11. The van der Waals surface area contributed by atoms with Gasteiger partial charge in [0.25, 0.3) is 11.8 Å². The van der Waals surface area contributed by atoms with Gasteiger partial charge in [-0.2, -0.15) is 13.8 Å². The molecule has 3 saturated heterocycles. The molecule has 3 amide bonds. The first kappa shape index (κ1) is 43.2. The van der Waals surface area contributed by atoms with Crippen molar-refractivity contribution in [3.63, 3.8) is 0 Å². The number of rotatable bonds is 10. The molecule has 2 aliphatic carbocycles. The highest BCUT2D eigenvalue weighted by Crippen LogP contribution is 2.49. The molecule has 6 aliphatic rings. The quantitative estimate of drug-likeness (QED) is 0.187. The zero-order valence-electron chi connectivity index (χ0n) is 36.7. The number of ether oxygens (including phenoxy) is 1. The molecular weight excluding hydrogens is 809 g/mol. The highest BCUT2D eigenvalue weighted by Gasteiger charge is 2.49. The second-order valence-corrected chi connectivity index (χ2v) is 19.1. The molecule has 16 heteroatoms. The molecular formula is C47H61F2N9O5. The van der Waals surface area contributed by atoms with Gasteiger partial charge in [0.2, 0.25) is 11.9 Å². The van der Waals surface area contributed by atoms with Crippen LogP contribution >= 0.6 is 0 Å². The van der Waals surface area contributed by atoms with Gasteiger partial charge in [-0.05, 0) is 125 Å². The smallest absolute Gasteiger partial charge is 0.342 e. The third-order valence-electron chi connectivity index (χ3n) is 14.9. The number of methoxy groups -OCH3 is 1. The van der Waals surface area contributed by atoms with Gasteiger partial charge >= 0.3 is 5.92 Å². The number of likely N-dealkylation sites (tertiary alicyclic amines) is 1. The van der Waals surface area contributed by atoms with E-state index in [1.54, 1.807) is 23.1 Å². The fourth-order valence-electron chi connectivity index (χ4n) is 11.3. The zero-order chi connectivity index (χ0) is 44.0. The number of aliphatic hydroxyl groups is 1. The van der Waals surface area contributed by atoms with Crippen LogP contribution in [0.25, 0.3) is 0 Å². The van der Waals surface area contributed by atoms with Crippen molar-refractivity contribution in [2.24, 2.45) is 11.3 Å². The second-order valence-electron chi connectivity index (χ2n) is 19.1. The number of aliphatic hydroxyl groups excluding tert-OH is 1. The number of carbonyl (C=O) groups excluding carboxylic acids is 3. The van der Waals surface area contributed by atoms with Crippen molar-refractivity contribution in [1.29, 1.82) is 0 Å². The molecule has 2 saturated carbocycles. The summed E-state index contributed by atoms with van der Waals surface area (Å²) in [7, 11) is 2.85. The van der Waals surface area contributed by atoms with E-state index < -0.39 is 24.6 Å². The van der Waals surface area contributed by atoms with E-state index >= 15 is 8.78 Å². The molecule has 2 unspecified atom stereocenters. The Morgan fingerprint density at radius 1 is 0.984 bits per heavy atom. The fourth-order valence-corrected chi connectivity index (χ4v) is 11.3. The van der Waals surface area contributed by atoms with Gasteiger partial charge in [0.05, 0.1) is 25.5 Å². The maximum Gasteiger partial charge on any atom is 0.342 e. The monoisotopic (exact) mass is 869 g/mol. The lowest BCUT2D eigenvalue weighted by Crippen LogP contribution is -2.55. The summed E-state index contributed by atoms with van der Waals surface area (Å²) >= 11 is 0. The Hall–Kier alpha value is -5.09. The van der Waals surface area contributed by atoms with Crippen molar-refractivity contribution in [3.8, 4) is 5.75 Å². The number of carbonyl (C=O) groups is 3. The van der Waals surface area contributed by atoms with Crippen molar-refractivity contribution in [1.82, 2.24) is 25.5 Å². The van der Waals surface area contributed by atoms with E-state index in [0.29, 0.717) is 35.8 Å². The minimum atomic E-state index is -3.56. The average Bonchev–Trinajstić information content (AvgIpc) is 3.79. The van der Waals surface area contributed by atoms with E-state index in [4.69, 9.17) is 4.74 Å². The number of nitrogens with zero attached hydrogens (tertiary/aromatic N) is 6. The maximum atomic E-state index is 15.1. The Morgan fingerprint density at radius 3 is 2.43 bits per heavy atom. The van der Waals surface area contributed by atoms with Crippen LogP contribution in [0.5, 0.6) is 5.75 Å². The van der Waals surface area contributed by atoms with Crippen LogP contribution in [0.15, 0.2) is 42.6 Å². The molecule has 14 nitrogen and oxygen atoms in total. The molecule has 5 fully saturated rings. The first-order chi connectivity index (χ1) is 30.3. The van der Waals surface area contributed by atoms with Crippen LogP contribution < -0.4 is 35.4 Å². The van der Waals surface area contributed by atoms with Crippen LogP contribution in [0, 0.1) is 18.3 Å².